The molecule has 0 aliphatic carbocycles. The van der Waals surface area contributed by atoms with Gasteiger partial charge in [0.2, 0.25) is 15.9 Å². The molecule has 0 spiro atoms. The largest absolute Gasteiger partial charge is 0.339 e. The van der Waals surface area contributed by atoms with Gasteiger partial charge in [-0.15, -0.1) is 0 Å². The zero-order valence-electron chi connectivity index (χ0n) is 18.2. The first kappa shape index (κ1) is 24.2. The summed E-state index contributed by atoms with van der Waals surface area (Å²) in [7, 11) is -3.71. The molecule has 0 saturated carbocycles. The van der Waals surface area contributed by atoms with Gasteiger partial charge < -0.3 is 9.80 Å². The molecule has 172 valence electrons. The van der Waals surface area contributed by atoms with Crippen molar-refractivity contribution in [3.8, 4) is 0 Å². The van der Waals surface area contributed by atoms with Crippen LogP contribution in [0.5, 0.6) is 0 Å². The number of rotatable bonds is 7. The number of nitrogens with zero attached hydrogens (tertiary/aromatic N) is 4. The molecule has 32 heavy (non-hydrogen) atoms. The molecule has 3 rings (SSSR count). The second-order valence-electron chi connectivity index (χ2n) is 7.40. The lowest BCUT2D eigenvalue weighted by molar-refractivity contribution is -0.132. The molecule has 1 fully saturated rings. The van der Waals surface area contributed by atoms with Crippen LogP contribution in [0.2, 0.25) is 5.02 Å². The summed E-state index contributed by atoms with van der Waals surface area (Å²) in [5, 5.41) is 0.196. The Kier molecular flexibility index (Phi) is 7.86. The summed E-state index contributed by atoms with van der Waals surface area (Å²) in [4.78, 5) is 33.2. The molecule has 1 aromatic heterocycles. The Morgan fingerprint density at radius 1 is 1.03 bits per heavy atom. The number of halogens is 1. The maximum Gasteiger partial charge on any atom is 0.255 e. The number of piperazine rings is 1. The number of carbonyl (C=O) groups excluding carboxylic acids is 2. The number of pyridine rings is 1. The van der Waals surface area contributed by atoms with Gasteiger partial charge in [-0.1, -0.05) is 31.5 Å². The molecule has 0 bridgehead atoms. The highest BCUT2D eigenvalue weighted by atomic mass is 35.5. The molecule has 1 saturated heterocycles. The molecule has 10 heteroatoms. The Morgan fingerprint density at radius 2 is 1.69 bits per heavy atom. The third-order valence-corrected chi connectivity index (χ3v) is 7.86. The normalized spacial score (nSPS) is 14.6. The van der Waals surface area contributed by atoms with Crippen molar-refractivity contribution in [3.05, 3.63) is 58.9 Å². The van der Waals surface area contributed by atoms with E-state index in [-0.39, 0.29) is 33.7 Å². The van der Waals surface area contributed by atoms with E-state index in [1.807, 2.05) is 6.07 Å². The zero-order valence-corrected chi connectivity index (χ0v) is 19.8. The van der Waals surface area contributed by atoms with Crippen molar-refractivity contribution in [3.63, 3.8) is 0 Å². The monoisotopic (exact) mass is 478 g/mol. The first-order chi connectivity index (χ1) is 15.3. The van der Waals surface area contributed by atoms with E-state index >= 15 is 0 Å². The average molecular weight is 479 g/mol. The second kappa shape index (κ2) is 10.4. The summed E-state index contributed by atoms with van der Waals surface area (Å²) >= 11 is 6.25. The van der Waals surface area contributed by atoms with E-state index in [2.05, 4.69) is 4.98 Å². The fourth-order valence-corrected chi connectivity index (χ4v) is 5.32. The van der Waals surface area contributed by atoms with Gasteiger partial charge >= 0.3 is 0 Å². The highest BCUT2D eigenvalue weighted by Gasteiger charge is 2.28. The molecule has 2 aromatic rings. The van der Waals surface area contributed by atoms with Crippen LogP contribution in [0.25, 0.3) is 0 Å². The Hall–Kier alpha value is -2.49. The molecule has 0 radical (unpaired) electrons. The number of carbonyl (C=O) groups is 2. The number of hydrogen-bond acceptors (Lipinski definition) is 5. The van der Waals surface area contributed by atoms with E-state index in [4.69, 9.17) is 11.6 Å². The van der Waals surface area contributed by atoms with Crippen molar-refractivity contribution >= 4 is 33.4 Å². The third-order valence-electron chi connectivity index (χ3n) is 5.49. The van der Waals surface area contributed by atoms with Crippen molar-refractivity contribution in [1.29, 1.82) is 0 Å². The van der Waals surface area contributed by atoms with Gasteiger partial charge in [0.05, 0.1) is 21.9 Å². The number of aromatic nitrogens is 1. The van der Waals surface area contributed by atoms with Gasteiger partial charge in [0.25, 0.3) is 5.91 Å². The van der Waals surface area contributed by atoms with Gasteiger partial charge in [0, 0.05) is 51.2 Å². The Balaban J connectivity index is 1.69. The van der Waals surface area contributed by atoms with Gasteiger partial charge in [-0.05, 0) is 30.3 Å². The van der Waals surface area contributed by atoms with Crippen LogP contribution in [0.15, 0.2) is 47.5 Å². The van der Waals surface area contributed by atoms with Gasteiger partial charge in [-0.3, -0.25) is 14.6 Å². The molecule has 1 aliphatic heterocycles. The SMILES string of the molecule is CCN(CC)S(=O)(=O)c1ccc(Cl)c(C(=O)N2CCN(C(=O)Cc3ccccn3)CC2)c1. The lowest BCUT2D eigenvalue weighted by atomic mass is 10.1. The first-order valence-corrected chi connectivity index (χ1v) is 12.4. The molecular formula is C22H27ClN4O4S. The molecule has 0 atom stereocenters. The Labute approximate surface area is 193 Å². The smallest absolute Gasteiger partial charge is 0.255 e. The van der Waals surface area contributed by atoms with Crippen molar-refractivity contribution in [1.82, 2.24) is 19.1 Å². The molecule has 0 N–H and O–H groups in total. The third kappa shape index (κ3) is 5.28. The Morgan fingerprint density at radius 3 is 2.28 bits per heavy atom. The van der Waals surface area contributed by atoms with Crippen LogP contribution in [-0.4, -0.2) is 78.6 Å². The molecule has 1 aliphatic rings. The van der Waals surface area contributed by atoms with E-state index in [1.165, 1.54) is 22.5 Å². The predicted molar refractivity (Wildman–Crippen MR) is 122 cm³/mol. The van der Waals surface area contributed by atoms with Crippen LogP contribution in [0.3, 0.4) is 0 Å². The van der Waals surface area contributed by atoms with E-state index in [1.54, 1.807) is 42.0 Å². The van der Waals surface area contributed by atoms with Crippen molar-refractivity contribution in [2.24, 2.45) is 0 Å². The molecule has 2 amide bonds. The van der Waals surface area contributed by atoms with E-state index in [0.29, 0.717) is 45.0 Å². The molecular weight excluding hydrogens is 452 g/mol. The maximum atomic E-state index is 13.1. The summed E-state index contributed by atoms with van der Waals surface area (Å²) in [5.41, 5.74) is 0.849. The highest BCUT2D eigenvalue weighted by molar-refractivity contribution is 7.89. The predicted octanol–water partition coefficient (Wildman–Crippen LogP) is 2.29. The highest BCUT2D eigenvalue weighted by Crippen LogP contribution is 2.25. The zero-order chi connectivity index (χ0) is 23.3. The second-order valence-corrected chi connectivity index (χ2v) is 9.75. The lowest BCUT2D eigenvalue weighted by Crippen LogP contribution is -2.51. The summed E-state index contributed by atoms with van der Waals surface area (Å²) in [5.74, 6) is -0.385. The maximum absolute atomic E-state index is 13.1. The minimum atomic E-state index is -3.71. The first-order valence-electron chi connectivity index (χ1n) is 10.5. The minimum absolute atomic E-state index is 0.0399. The lowest BCUT2D eigenvalue weighted by Gasteiger charge is -2.35. The van der Waals surface area contributed by atoms with Crippen LogP contribution in [-0.2, 0) is 21.2 Å². The van der Waals surface area contributed by atoms with E-state index < -0.39 is 10.0 Å². The average Bonchev–Trinajstić information content (AvgIpc) is 2.80. The van der Waals surface area contributed by atoms with Crippen molar-refractivity contribution < 1.29 is 18.0 Å². The van der Waals surface area contributed by atoms with Crippen molar-refractivity contribution in [2.45, 2.75) is 25.2 Å². The van der Waals surface area contributed by atoms with Crippen molar-refractivity contribution in [2.75, 3.05) is 39.3 Å². The van der Waals surface area contributed by atoms with Gasteiger partial charge in [0.1, 0.15) is 0 Å². The fraction of sp³-hybridized carbons (Fsp3) is 0.409. The van der Waals surface area contributed by atoms with Crippen LogP contribution in [0, 0.1) is 0 Å². The number of benzene rings is 1. The molecule has 8 nitrogen and oxygen atoms in total. The van der Waals surface area contributed by atoms with E-state index in [0.717, 1.165) is 0 Å². The summed E-state index contributed by atoms with van der Waals surface area (Å²) < 4.78 is 27.0. The summed E-state index contributed by atoms with van der Waals surface area (Å²) in [6.07, 6.45) is 1.86. The summed E-state index contributed by atoms with van der Waals surface area (Å²) in [6.45, 7) is 5.67. The van der Waals surface area contributed by atoms with Gasteiger partial charge in [-0.25, -0.2) is 8.42 Å². The van der Waals surface area contributed by atoms with Crippen LogP contribution in [0.1, 0.15) is 29.9 Å². The summed E-state index contributed by atoms with van der Waals surface area (Å²) in [6, 6.07) is 9.64. The number of amides is 2. The molecule has 0 unspecified atom stereocenters. The van der Waals surface area contributed by atoms with Crippen LogP contribution < -0.4 is 0 Å². The Bertz CT molecular complexity index is 1070. The minimum Gasteiger partial charge on any atom is -0.339 e. The van der Waals surface area contributed by atoms with Gasteiger partial charge in [-0.2, -0.15) is 4.31 Å². The fourth-order valence-electron chi connectivity index (χ4n) is 3.64. The number of hydrogen-bond donors (Lipinski definition) is 0. The molecule has 2 heterocycles. The van der Waals surface area contributed by atoms with Crippen LogP contribution in [0.4, 0.5) is 0 Å². The standard InChI is InChI=1S/C22H27ClN4O4S/c1-3-27(4-2)32(30,31)18-8-9-20(23)19(16-18)22(29)26-13-11-25(12-14-26)21(28)15-17-7-5-6-10-24-17/h5-10,16H,3-4,11-15H2,1-2H3. The quantitative estimate of drug-likeness (QED) is 0.609. The number of sulfonamides is 1. The van der Waals surface area contributed by atoms with Crippen LogP contribution >= 0.6 is 11.6 Å². The topological polar surface area (TPSA) is 90.9 Å². The van der Waals surface area contributed by atoms with Gasteiger partial charge in [0.15, 0.2) is 0 Å². The van der Waals surface area contributed by atoms with E-state index in [9.17, 15) is 18.0 Å². The molecule has 1 aromatic carbocycles.